The lowest BCUT2D eigenvalue weighted by atomic mass is 9.61. The zero-order valence-electron chi connectivity index (χ0n) is 11.2. The lowest BCUT2D eigenvalue weighted by molar-refractivity contribution is -0.0950. The molecule has 2 heterocycles. The van der Waals surface area contributed by atoms with Crippen LogP contribution in [0.25, 0.3) is 0 Å². The Balaban J connectivity index is 1.89. The molecular weight excluding hydrogens is 226 g/mol. The first-order valence-electron chi connectivity index (χ1n) is 7.39. The summed E-state index contributed by atoms with van der Waals surface area (Å²) in [4.78, 5) is 0. The van der Waals surface area contributed by atoms with Crippen molar-refractivity contribution in [1.82, 2.24) is 0 Å². The molecule has 3 heteroatoms. The maximum absolute atomic E-state index is 11.1. The summed E-state index contributed by atoms with van der Waals surface area (Å²) in [6, 6.07) is 2.49. The van der Waals surface area contributed by atoms with E-state index in [-0.39, 0.29) is 12.2 Å². The van der Waals surface area contributed by atoms with Gasteiger partial charge in [-0.15, -0.1) is 0 Å². The second-order valence-corrected chi connectivity index (χ2v) is 6.68. The Morgan fingerprint density at radius 3 is 2.67 bits per heavy atom. The molecule has 0 aromatic carbocycles. The fourth-order valence-electron chi connectivity index (χ4n) is 4.36. The SMILES string of the molecule is CC1CCCC(O)(C2(C#N)CC3CCC2O3)CC1. The lowest BCUT2D eigenvalue weighted by Crippen LogP contribution is -2.52. The molecule has 0 aromatic rings. The first-order valence-corrected chi connectivity index (χ1v) is 7.39. The summed E-state index contributed by atoms with van der Waals surface area (Å²) in [6.07, 6.45) is 7.78. The lowest BCUT2D eigenvalue weighted by Gasteiger charge is -2.43. The van der Waals surface area contributed by atoms with Crippen molar-refractivity contribution in [1.29, 1.82) is 5.26 Å². The highest BCUT2D eigenvalue weighted by atomic mass is 16.5. The van der Waals surface area contributed by atoms with Crippen molar-refractivity contribution in [2.24, 2.45) is 11.3 Å². The summed E-state index contributed by atoms with van der Waals surface area (Å²) >= 11 is 0. The van der Waals surface area contributed by atoms with Gasteiger partial charge >= 0.3 is 0 Å². The Bertz CT molecular complexity index is 377. The van der Waals surface area contributed by atoms with Gasteiger partial charge in [0, 0.05) is 0 Å². The topological polar surface area (TPSA) is 53.2 Å². The largest absolute Gasteiger partial charge is 0.388 e. The number of nitrogens with zero attached hydrogens (tertiary/aromatic N) is 1. The van der Waals surface area contributed by atoms with Gasteiger partial charge in [0.1, 0.15) is 5.41 Å². The molecular formula is C15H23NO2. The van der Waals surface area contributed by atoms with E-state index >= 15 is 0 Å². The molecule has 1 saturated carbocycles. The number of ether oxygens (including phenoxy) is 1. The van der Waals surface area contributed by atoms with E-state index in [1.165, 1.54) is 6.42 Å². The van der Waals surface area contributed by atoms with E-state index in [0.29, 0.717) is 5.92 Å². The highest BCUT2D eigenvalue weighted by Crippen LogP contribution is 2.56. The smallest absolute Gasteiger partial charge is 0.114 e. The number of hydrogen-bond acceptors (Lipinski definition) is 3. The van der Waals surface area contributed by atoms with Gasteiger partial charge < -0.3 is 9.84 Å². The number of fused-ring (bicyclic) bond motifs is 2. The fourth-order valence-corrected chi connectivity index (χ4v) is 4.36. The van der Waals surface area contributed by atoms with Crippen LogP contribution in [0.3, 0.4) is 0 Å². The summed E-state index contributed by atoms with van der Waals surface area (Å²) < 4.78 is 5.88. The third-order valence-electron chi connectivity index (χ3n) is 5.57. The van der Waals surface area contributed by atoms with Crippen molar-refractivity contribution in [3.8, 4) is 6.07 Å². The van der Waals surface area contributed by atoms with Crippen molar-refractivity contribution in [2.75, 3.05) is 0 Å². The average molecular weight is 249 g/mol. The van der Waals surface area contributed by atoms with Crippen LogP contribution in [0.15, 0.2) is 0 Å². The van der Waals surface area contributed by atoms with Crippen molar-refractivity contribution < 1.29 is 9.84 Å². The summed E-state index contributed by atoms with van der Waals surface area (Å²) in [5, 5.41) is 20.9. The second kappa shape index (κ2) is 4.21. The Morgan fingerprint density at radius 1 is 1.22 bits per heavy atom. The van der Waals surface area contributed by atoms with Gasteiger partial charge in [-0.25, -0.2) is 0 Å². The Labute approximate surface area is 109 Å². The van der Waals surface area contributed by atoms with Crippen molar-refractivity contribution in [3.63, 3.8) is 0 Å². The number of hydrogen-bond donors (Lipinski definition) is 1. The van der Waals surface area contributed by atoms with E-state index in [2.05, 4.69) is 13.0 Å². The van der Waals surface area contributed by atoms with Crippen LogP contribution in [0.1, 0.15) is 58.3 Å². The van der Waals surface area contributed by atoms with Gasteiger partial charge in [0.15, 0.2) is 0 Å². The van der Waals surface area contributed by atoms with Crippen LogP contribution in [0.5, 0.6) is 0 Å². The molecule has 100 valence electrons. The molecule has 3 fully saturated rings. The van der Waals surface area contributed by atoms with E-state index in [9.17, 15) is 10.4 Å². The Kier molecular flexibility index (Phi) is 2.91. The van der Waals surface area contributed by atoms with Gasteiger partial charge in [0.05, 0.1) is 23.9 Å². The monoisotopic (exact) mass is 249 g/mol. The molecule has 0 amide bonds. The molecule has 3 aliphatic rings. The van der Waals surface area contributed by atoms with Crippen LogP contribution >= 0.6 is 0 Å². The molecule has 2 bridgehead atoms. The maximum atomic E-state index is 11.1. The Hall–Kier alpha value is -0.590. The van der Waals surface area contributed by atoms with Crippen LogP contribution in [-0.2, 0) is 4.74 Å². The Morgan fingerprint density at radius 2 is 2.06 bits per heavy atom. The fraction of sp³-hybridized carbons (Fsp3) is 0.933. The first kappa shape index (κ1) is 12.4. The molecule has 5 atom stereocenters. The second-order valence-electron chi connectivity index (χ2n) is 6.68. The van der Waals surface area contributed by atoms with Gasteiger partial charge in [-0.1, -0.05) is 19.8 Å². The summed E-state index contributed by atoms with van der Waals surface area (Å²) in [6.45, 7) is 2.25. The third-order valence-corrected chi connectivity index (χ3v) is 5.57. The zero-order valence-corrected chi connectivity index (χ0v) is 11.2. The molecule has 1 aliphatic carbocycles. The standard InChI is InChI=1S/C15H23NO2/c1-11-3-2-7-15(17,8-6-11)14(10-16)9-12-4-5-13(14)18-12/h11-13,17H,2-9H2,1H3. The molecule has 1 N–H and O–H groups in total. The minimum Gasteiger partial charge on any atom is -0.388 e. The summed E-state index contributed by atoms with van der Waals surface area (Å²) in [5.74, 6) is 0.675. The molecule has 0 aromatic heterocycles. The van der Waals surface area contributed by atoms with Crippen LogP contribution in [0.2, 0.25) is 0 Å². The van der Waals surface area contributed by atoms with E-state index in [4.69, 9.17) is 4.74 Å². The molecule has 0 spiro atoms. The van der Waals surface area contributed by atoms with E-state index in [0.717, 1.165) is 44.9 Å². The summed E-state index contributed by atoms with van der Waals surface area (Å²) in [5.41, 5.74) is -1.44. The van der Waals surface area contributed by atoms with Gasteiger partial charge in [-0.2, -0.15) is 5.26 Å². The molecule has 2 aliphatic heterocycles. The number of nitriles is 1. The highest BCUT2D eigenvalue weighted by molar-refractivity contribution is 5.21. The molecule has 2 saturated heterocycles. The minimum atomic E-state index is -0.813. The molecule has 0 radical (unpaired) electrons. The zero-order chi connectivity index (χ0) is 12.8. The normalized spacial score (nSPS) is 51.9. The predicted octanol–water partition coefficient (Wildman–Crippen LogP) is 2.78. The number of rotatable bonds is 1. The molecule has 18 heavy (non-hydrogen) atoms. The molecule has 5 unspecified atom stereocenters. The van der Waals surface area contributed by atoms with Crippen molar-refractivity contribution in [2.45, 2.75) is 76.1 Å². The van der Waals surface area contributed by atoms with E-state index < -0.39 is 11.0 Å². The summed E-state index contributed by atoms with van der Waals surface area (Å²) in [7, 11) is 0. The highest BCUT2D eigenvalue weighted by Gasteiger charge is 2.63. The van der Waals surface area contributed by atoms with E-state index in [1.807, 2.05) is 0 Å². The van der Waals surface area contributed by atoms with Crippen molar-refractivity contribution in [3.05, 3.63) is 0 Å². The quantitative estimate of drug-likeness (QED) is 0.727. The van der Waals surface area contributed by atoms with Gasteiger partial charge in [0.2, 0.25) is 0 Å². The maximum Gasteiger partial charge on any atom is 0.114 e. The molecule has 3 rings (SSSR count). The van der Waals surface area contributed by atoms with Crippen molar-refractivity contribution >= 4 is 0 Å². The van der Waals surface area contributed by atoms with Gasteiger partial charge in [0.25, 0.3) is 0 Å². The third kappa shape index (κ3) is 1.62. The van der Waals surface area contributed by atoms with Crippen LogP contribution in [0.4, 0.5) is 0 Å². The van der Waals surface area contributed by atoms with Gasteiger partial charge in [-0.3, -0.25) is 0 Å². The molecule has 3 nitrogen and oxygen atoms in total. The number of aliphatic hydroxyl groups is 1. The minimum absolute atomic E-state index is 0.0223. The van der Waals surface area contributed by atoms with Crippen LogP contribution < -0.4 is 0 Å². The van der Waals surface area contributed by atoms with E-state index in [1.54, 1.807) is 0 Å². The van der Waals surface area contributed by atoms with Crippen LogP contribution in [-0.4, -0.2) is 22.9 Å². The predicted molar refractivity (Wildman–Crippen MR) is 67.8 cm³/mol. The average Bonchev–Trinajstić information content (AvgIpc) is 2.92. The van der Waals surface area contributed by atoms with Gasteiger partial charge in [-0.05, 0) is 44.4 Å². The van der Waals surface area contributed by atoms with Crippen LogP contribution in [0, 0.1) is 22.7 Å². The first-order chi connectivity index (χ1) is 8.60.